The van der Waals surface area contributed by atoms with Crippen LogP contribution in [-0.2, 0) is 6.54 Å². The summed E-state index contributed by atoms with van der Waals surface area (Å²) in [6, 6.07) is 2.05. The van der Waals surface area contributed by atoms with Crippen LogP contribution in [-0.4, -0.2) is 43.2 Å². The highest BCUT2D eigenvalue weighted by Crippen LogP contribution is 2.37. The largest absolute Gasteiger partial charge is 0.481 e. The van der Waals surface area contributed by atoms with Crippen LogP contribution in [0.5, 0.6) is 5.88 Å². The minimum atomic E-state index is 0.543. The number of aromatic nitrogens is 1. The van der Waals surface area contributed by atoms with E-state index in [0.717, 1.165) is 18.1 Å². The SMILES string of the molecule is COc1cc(C)c(CN2CCC3(CCNC3)C2)c(C)n1. The van der Waals surface area contributed by atoms with E-state index in [-0.39, 0.29) is 0 Å². The van der Waals surface area contributed by atoms with Gasteiger partial charge in [0.1, 0.15) is 0 Å². The molecule has 2 aliphatic heterocycles. The van der Waals surface area contributed by atoms with Gasteiger partial charge in [0.2, 0.25) is 5.88 Å². The summed E-state index contributed by atoms with van der Waals surface area (Å²) in [5, 5.41) is 3.52. The Kier molecular flexibility index (Phi) is 3.69. The number of aryl methyl sites for hydroxylation is 2. The maximum Gasteiger partial charge on any atom is 0.213 e. The molecule has 3 rings (SSSR count). The van der Waals surface area contributed by atoms with Crippen molar-refractivity contribution in [2.45, 2.75) is 33.2 Å². The Morgan fingerprint density at radius 3 is 2.90 bits per heavy atom. The zero-order valence-electron chi connectivity index (χ0n) is 12.8. The third-order valence-electron chi connectivity index (χ3n) is 4.97. The fourth-order valence-electron chi connectivity index (χ4n) is 3.70. The Bertz CT molecular complexity index is 471. The zero-order valence-corrected chi connectivity index (χ0v) is 12.8. The molecule has 110 valence electrons. The van der Waals surface area contributed by atoms with Gasteiger partial charge in [-0.05, 0) is 56.3 Å². The molecule has 2 fully saturated rings. The first-order chi connectivity index (χ1) is 9.62. The maximum absolute atomic E-state index is 5.24. The van der Waals surface area contributed by atoms with Crippen LogP contribution in [0.25, 0.3) is 0 Å². The van der Waals surface area contributed by atoms with Crippen LogP contribution in [0, 0.1) is 19.3 Å². The molecule has 2 saturated heterocycles. The Morgan fingerprint density at radius 2 is 2.25 bits per heavy atom. The monoisotopic (exact) mass is 275 g/mol. The number of nitrogens with zero attached hydrogens (tertiary/aromatic N) is 2. The number of methoxy groups -OCH3 is 1. The first kappa shape index (κ1) is 13.8. The van der Waals surface area contributed by atoms with Crippen molar-refractivity contribution < 1.29 is 4.74 Å². The number of pyridine rings is 1. The van der Waals surface area contributed by atoms with Gasteiger partial charge in [-0.1, -0.05) is 0 Å². The molecule has 2 aliphatic rings. The number of hydrogen-bond donors (Lipinski definition) is 1. The minimum absolute atomic E-state index is 0.543. The zero-order chi connectivity index (χ0) is 14.2. The first-order valence-corrected chi connectivity index (χ1v) is 7.56. The predicted molar refractivity (Wildman–Crippen MR) is 80.1 cm³/mol. The van der Waals surface area contributed by atoms with E-state index in [1.54, 1.807) is 7.11 Å². The van der Waals surface area contributed by atoms with Crippen molar-refractivity contribution in [2.75, 3.05) is 33.3 Å². The lowest BCUT2D eigenvalue weighted by Crippen LogP contribution is -2.29. The molecule has 1 aromatic rings. The molecule has 1 aromatic heterocycles. The van der Waals surface area contributed by atoms with Gasteiger partial charge in [-0.25, -0.2) is 4.98 Å². The average molecular weight is 275 g/mol. The van der Waals surface area contributed by atoms with Crippen LogP contribution < -0.4 is 10.1 Å². The van der Waals surface area contributed by atoms with Gasteiger partial charge in [-0.3, -0.25) is 4.90 Å². The van der Waals surface area contributed by atoms with Crippen LogP contribution in [0.3, 0.4) is 0 Å². The molecule has 0 aromatic carbocycles. The van der Waals surface area contributed by atoms with E-state index < -0.39 is 0 Å². The number of hydrogen-bond acceptors (Lipinski definition) is 4. The lowest BCUT2D eigenvalue weighted by atomic mass is 9.86. The van der Waals surface area contributed by atoms with Crippen LogP contribution in [0.1, 0.15) is 29.7 Å². The van der Waals surface area contributed by atoms with Crippen LogP contribution in [0.2, 0.25) is 0 Å². The highest BCUT2D eigenvalue weighted by Gasteiger charge is 2.40. The number of rotatable bonds is 3. The van der Waals surface area contributed by atoms with E-state index >= 15 is 0 Å². The summed E-state index contributed by atoms with van der Waals surface area (Å²) < 4.78 is 5.24. The number of nitrogens with one attached hydrogen (secondary N) is 1. The van der Waals surface area contributed by atoms with Gasteiger partial charge in [0.25, 0.3) is 0 Å². The van der Waals surface area contributed by atoms with Gasteiger partial charge in [0.15, 0.2) is 0 Å². The molecular formula is C16H25N3O. The Hall–Kier alpha value is -1.13. The van der Waals surface area contributed by atoms with Crippen molar-refractivity contribution in [1.82, 2.24) is 15.2 Å². The summed E-state index contributed by atoms with van der Waals surface area (Å²) in [5.41, 5.74) is 4.31. The molecule has 0 saturated carbocycles. The van der Waals surface area contributed by atoms with E-state index in [1.165, 1.54) is 50.1 Å². The van der Waals surface area contributed by atoms with Crippen molar-refractivity contribution in [3.05, 3.63) is 22.9 Å². The highest BCUT2D eigenvalue weighted by atomic mass is 16.5. The molecule has 0 aliphatic carbocycles. The average Bonchev–Trinajstić information content (AvgIpc) is 3.04. The fraction of sp³-hybridized carbons (Fsp3) is 0.688. The molecule has 1 spiro atoms. The first-order valence-electron chi connectivity index (χ1n) is 7.56. The molecule has 4 nitrogen and oxygen atoms in total. The third kappa shape index (κ3) is 2.54. The van der Waals surface area contributed by atoms with Gasteiger partial charge in [-0.15, -0.1) is 0 Å². The van der Waals surface area contributed by atoms with Gasteiger partial charge in [-0.2, -0.15) is 0 Å². The Morgan fingerprint density at radius 1 is 1.40 bits per heavy atom. The van der Waals surface area contributed by atoms with Crippen LogP contribution in [0.4, 0.5) is 0 Å². The van der Waals surface area contributed by atoms with E-state index in [2.05, 4.69) is 29.0 Å². The molecule has 3 heterocycles. The predicted octanol–water partition coefficient (Wildman–Crippen LogP) is 1.89. The topological polar surface area (TPSA) is 37.4 Å². The van der Waals surface area contributed by atoms with Crippen molar-refractivity contribution in [1.29, 1.82) is 0 Å². The van der Waals surface area contributed by atoms with E-state index in [9.17, 15) is 0 Å². The molecule has 1 atom stereocenters. The lowest BCUT2D eigenvalue weighted by molar-refractivity contribution is 0.267. The third-order valence-corrected chi connectivity index (χ3v) is 4.97. The van der Waals surface area contributed by atoms with E-state index in [0.29, 0.717) is 5.41 Å². The van der Waals surface area contributed by atoms with Crippen molar-refractivity contribution in [2.24, 2.45) is 5.41 Å². The Labute approximate surface area is 121 Å². The summed E-state index contributed by atoms with van der Waals surface area (Å²) in [5.74, 6) is 0.724. The second-order valence-electron chi connectivity index (χ2n) is 6.43. The van der Waals surface area contributed by atoms with Crippen LogP contribution in [0.15, 0.2) is 6.07 Å². The number of likely N-dealkylation sites (tertiary alicyclic amines) is 1. The van der Waals surface area contributed by atoms with Crippen molar-refractivity contribution in [3.63, 3.8) is 0 Å². The minimum Gasteiger partial charge on any atom is -0.481 e. The molecule has 1 N–H and O–H groups in total. The number of ether oxygens (including phenoxy) is 1. The summed E-state index contributed by atoms with van der Waals surface area (Å²) in [6.07, 6.45) is 2.67. The van der Waals surface area contributed by atoms with Crippen molar-refractivity contribution in [3.8, 4) is 5.88 Å². The molecule has 0 radical (unpaired) electrons. The van der Waals surface area contributed by atoms with Gasteiger partial charge >= 0.3 is 0 Å². The van der Waals surface area contributed by atoms with Gasteiger partial charge in [0, 0.05) is 31.4 Å². The Balaban J connectivity index is 1.72. The molecule has 4 heteroatoms. The van der Waals surface area contributed by atoms with E-state index in [1.807, 2.05) is 6.07 Å². The normalized spacial score (nSPS) is 26.6. The highest BCUT2D eigenvalue weighted by molar-refractivity contribution is 5.33. The van der Waals surface area contributed by atoms with Gasteiger partial charge < -0.3 is 10.1 Å². The molecule has 20 heavy (non-hydrogen) atoms. The smallest absolute Gasteiger partial charge is 0.213 e. The van der Waals surface area contributed by atoms with Gasteiger partial charge in [0.05, 0.1) is 7.11 Å². The second kappa shape index (κ2) is 5.34. The molecule has 1 unspecified atom stereocenters. The summed E-state index contributed by atoms with van der Waals surface area (Å²) in [7, 11) is 1.68. The lowest BCUT2D eigenvalue weighted by Gasteiger charge is -2.23. The quantitative estimate of drug-likeness (QED) is 0.914. The summed E-state index contributed by atoms with van der Waals surface area (Å²) in [6.45, 7) is 10.1. The fourth-order valence-corrected chi connectivity index (χ4v) is 3.70. The molecular weight excluding hydrogens is 250 g/mol. The second-order valence-corrected chi connectivity index (χ2v) is 6.43. The summed E-state index contributed by atoms with van der Waals surface area (Å²) >= 11 is 0. The summed E-state index contributed by atoms with van der Waals surface area (Å²) in [4.78, 5) is 7.12. The molecule has 0 bridgehead atoms. The van der Waals surface area contributed by atoms with Crippen LogP contribution >= 0.6 is 0 Å². The maximum atomic E-state index is 5.24. The molecule has 0 amide bonds. The van der Waals surface area contributed by atoms with E-state index in [4.69, 9.17) is 4.74 Å². The van der Waals surface area contributed by atoms with Crippen molar-refractivity contribution >= 4 is 0 Å². The standard InChI is InChI=1S/C16H25N3O/c1-12-8-15(20-3)18-13(2)14(12)9-19-7-5-16(11-19)4-6-17-10-16/h8,17H,4-7,9-11H2,1-3H3.